The number of carbonyl (C=O) groups excluding carboxylic acids is 1. The van der Waals surface area contributed by atoms with Crippen molar-refractivity contribution in [3.63, 3.8) is 0 Å². The number of aromatic hydroxyl groups is 1. The van der Waals surface area contributed by atoms with E-state index in [1.165, 1.54) is 5.56 Å². The van der Waals surface area contributed by atoms with Gasteiger partial charge in [-0.1, -0.05) is 6.07 Å². The average Bonchev–Trinajstić information content (AvgIpc) is 2.78. The second-order valence-corrected chi connectivity index (χ2v) is 7.63. The van der Waals surface area contributed by atoms with E-state index in [1.807, 2.05) is 13.0 Å². The summed E-state index contributed by atoms with van der Waals surface area (Å²) in [7, 11) is 2.20. The number of rotatable bonds is 0. The molecule has 4 nitrogen and oxygen atoms in total. The summed E-state index contributed by atoms with van der Waals surface area (Å²) in [5.41, 5.74) is 1.38. The Kier molecular flexibility index (Phi) is 2.16. The maximum Gasteiger partial charge on any atom is 0.177 e. The summed E-state index contributed by atoms with van der Waals surface area (Å²) in [6, 6.07) is 4.24. The zero-order valence-corrected chi connectivity index (χ0v) is 13.1. The molecule has 1 aromatic carbocycles. The Morgan fingerprint density at radius 1 is 1.41 bits per heavy atom. The summed E-state index contributed by atoms with van der Waals surface area (Å²) < 4.78 is 6.23. The lowest BCUT2D eigenvalue weighted by Gasteiger charge is -2.60. The van der Waals surface area contributed by atoms with E-state index < -0.39 is 5.60 Å². The van der Waals surface area contributed by atoms with Crippen molar-refractivity contribution >= 4 is 5.78 Å². The number of ketones is 1. The Labute approximate surface area is 130 Å². The Morgan fingerprint density at radius 2 is 2.23 bits per heavy atom. The fraction of sp³-hybridized carbons (Fsp3) is 0.611. The van der Waals surface area contributed by atoms with Crippen molar-refractivity contribution in [2.24, 2.45) is 5.92 Å². The van der Waals surface area contributed by atoms with Gasteiger partial charge < -0.3 is 14.7 Å². The highest BCUT2D eigenvalue weighted by atomic mass is 16.5. The third kappa shape index (κ3) is 1.13. The van der Waals surface area contributed by atoms with E-state index >= 15 is 0 Å². The van der Waals surface area contributed by atoms with Gasteiger partial charge in [-0.15, -0.1) is 0 Å². The molecule has 0 amide bonds. The molecule has 4 heteroatoms. The van der Waals surface area contributed by atoms with E-state index in [4.69, 9.17) is 4.74 Å². The lowest BCUT2D eigenvalue weighted by molar-refractivity contribution is -0.153. The maximum atomic E-state index is 12.8. The molecule has 4 unspecified atom stereocenters. The number of phenolic OH excluding ortho intramolecular Hbond substituents is 1. The van der Waals surface area contributed by atoms with Crippen LogP contribution in [0.5, 0.6) is 11.5 Å². The van der Waals surface area contributed by atoms with Crippen LogP contribution in [-0.4, -0.2) is 41.0 Å². The minimum Gasteiger partial charge on any atom is -0.504 e. The van der Waals surface area contributed by atoms with E-state index in [0.717, 1.165) is 31.4 Å². The summed E-state index contributed by atoms with van der Waals surface area (Å²) >= 11 is 0. The minimum absolute atomic E-state index is 0.188. The number of benzene rings is 1. The molecule has 1 N–H and O–H groups in total. The number of carbonyl (C=O) groups is 1. The Hall–Kier alpha value is -1.55. The van der Waals surface area contributed by atoms with Crippen molar-refractivity contribution in [3.8, 4) is 11.5 Å². The highest BCUT2D eigenvalue weighted by Gasteiger charge is 2.71. The van der Waals surface area contributed by atoms with E-state index in [9.17, 15) is 9.90 Å². The molecule has 2 aliphatic heterocycles. The van der Waals surface area contributed by atoms with Gasteiger partial charge in [-0.05, 0) is 57.3 Å². The molecular weight excluding hydrogens is 278 g/mol. The Morgan fingerprint density at radius 3 is 3.05 bits per heavy atom. The normalized spacial score (nSPS) is 42.0. The molecule has 0 radical (unpaired) electrons. The fourth-order valence-electron chi connectivity index (χ4n) is 5.94. The van der Waals surface area contributed by atoms with Crippen LogP contribution in [0.15, 0.2) is 12.1 Å². The molecule has 116 valence electrons. The molecule has 5 rings (SSSR count). The number of phenols is 1. The topological polar surface area (TPSA) is 49.8 Å². The Bertz CT molecular complexity index is 715. The van der Waals surface area contributed by atoms with Gasteiger partial charge in [0, 0.05) is 18.0 Å². The lowest BCUT2D eigenvalue weighted by Crippen LogP contribution is -2.70. The zero-order chi connectivity index (χ0) is 15.3. The number of nitrogens with zero attached hydrogens (tertiary/aromatic N) is 1. The van der Waals surface area contributed by atoms with Gasteiger partial charge in [0.25, 0.3) is 0 Å². The van der Waals surface area contributed by atoms with E-state index in [-0.39, 0.29) is 16.9 Å². The number of likely N-dealkylation sites (N-methyl/N-ethyl adjacent to an activating group) is 1. The average molecular weight is 299 g/mol. The first-order chi connectivity index (χ1) is 10.5. The minimum atomic E-state index is -0.800. The largest absolute Gasteiger partial charge is 0.504 e. The summed E-state index contributed by atoms with van der Waals surface area (Å²) in [6.07, 6.45) is 3.48. The molecule has 1 aromatic rings. The quantitative estimate of drug-likeness (QED) is 0.796. The van der Waals surface area contributed by atoms with Crippen molar-refractivity contribution in [1.82, 2.24) is 4.90 Å². The molecule has 2 fully saturated rings. The van der Waals surface area contributed by atoms with Crippen LogP contribution < -0.4 is 4.74 Å². The lowest BCUT2D eigenvalue weighted by atomic mass is 9.47. The van der Waals surface area contributed by atoms with Crippen LogP contribution in [0.3, 0.4) is 0 Å². The third-order valence-electron chi connectivity index (χ3n) is 6.99. The monoisotopic (exact) mass is 299 g/mol. The number of ether oxygens (including phenoxy) is 1. The van der Waals surface area contributed by atoms with Crippen LogP contribution >= 0.6 is 0 Å². The number of Topliss-reactive ketones (excluding diaryl/α,β-unsaturated/α-hetero) is 1. The summed E-state index contributed by atoms with van der Waals surface area (Å²) in [4.78, 5) is 15.3. The molecule has 1 saturated carbocycles. The van der Waals surface area contributed by atoms with Crippen LogP contribution in [0.25, 0.3) is 0 Å². The molecule has 4 atom stereocenters. The first-order valence-electron chi connectivity index (χ1n) is 8.27. The van der Waals surface area contributed by atoms with Gasteiger partial charge in [-0.25, -0.2) is 0 Å². The molecule has 1 saturated heterocycles. The molecular formula is C18H21NO3. The van der Waals surface area contributed by atoms with Gasteiger partial charge in [0.1, 0.15) is 0 Å². The van der Waals surface area contributed by atoms with Crippen molar-refractivity contribution in [2.75, 3.05) is 13.6 Å². The zero-order valence-electron chi connectivity index (χ0n) is 13.1. The van der Waals surface area contributed by atoms with E-state index in [0.29, 0.717) is 24.1 Å². The van der Waals surface area contributed by atoms with Crippen molar-refractivity contribution in [2.45, 2.75) is 49.7 Å². The van der Waals surface area contributed by atoms with Crippen LogP contribution in [0.4, 0.5) is 0 Å². The van der Waals surface area contributed by atoms with Crippen LogP contribution in [0, 0.1) is 5.92 Å². The third-order valence-corrected chi connectivity index (χ3v) is 6.99. The van der Waals surface area contributed by atoms with Gasteiger partial charge in [0.05, 0.1) is 5.41 Å². The second-order valence-electron chi connectivity index (χ2n) is 7.63. The predicted molar refractivity (Wildman–Crippen MR) is 81.3 cm³/mol. The van der Waals surface area contributed by atoms with E-state index in [2.05, 4.69) is 11.9 Å². The maximum absolute atomic E-state index is 12.8. The number of piperidine rings is 1. The van der Waals surface area contributed by atoms with E-state index in [1.54, 1.807) is 6.07 Å². The standard InChI is InChI=1S/C18H21NO3/c1-17-14(21)6-4-11-12-9-10-3-5-13(20)16(22-17)15(10)18(11,17)7-8-19(12)2/h3,5,11-12,20H,4,6-9H2,1-2H3. The van der Waals surface area contributed by atoms with Gasteiger partial charge in [0.2, 0.25) is 0 Å². The smallest absolute Gasteiger partial charge is 0.177 e. The van der Waals surface area contributed by atoms with Gasteiger partial charge in [-0.3, -0.25) is 4.79 Å². The van der Waals surface area contributed by atoms with Crippen molar-refractivity contribution < 1.29 is 14.6 Å². The molecule has 4 aliphatic rings. The molecule has 2 bridgehead atoms. The molecule has 0 aromatic heterocycles. The fourth-order valence-corrected chi connectivity index (χ4v) is 5.94. The SMILES string of the molecule is CN1CCC23c4c5ccc(O)c4OC2(C)C(=O)CCC3C1C5. The first-order valence-corrected chi connectivity index (χ1v) is 8.27. The van der Waals surface area contributed by atoms with Gasteiger partial charge >= 0.3 is 0 Å². The van der Waals surface area contributed by atoms with Crippen LogP contribution in [0.1, 0.15) is 37.3 Å². The molecule has 1 spiro atoms. The molecule has 2 heterocycles. The predicted octanol–water partition coefficient (Wildman–Crippen LogP) is 2.02. The highest BCUT2D eigenvalue weighted by Crippen LogP contribution is 2.66. The molecule has 22 heavy (non-hydrogen) atoms. The van der Waals surface area contributed by atoms with Crippen molar-refractivity contribution in [3.05, 3.63) is 23.3 Å². The highest BCUT2D eigenvalue weighted by molar-refractivity contribution is 5.93. The van der Waals surface area contributed by atoms with Gasteiger partial charge in [-0.2, -0.15) is 0 Å². The second kappa shape index (κ2) is 3.67. The van der Waals surface area contributed by atoms with Gasteiger partial charge in [0.15, 0.2) is 22.9 Å². The number of hydrogen-bond acceptors (Lipinski definition) is 4. The summed E-state index contributed by atoms with van der Waals surface area (Å²) in [6.45, 7) is 2.96. The first kappa shape index (κ1) is 12.9. The van der Waals surface area contributed by atoms with Crippen LogP contribution in [-0.2, 0) is 16.6 Å². The number of likely N-dealkylation sites (tertiary alicyclic amines) is 1. The Balaban J connectivity index is 1.87. The summed E-state index contributed by atoms with van der Waals surface area (Å²) in [5, 5.41) is 10.3. The number of hydrogen-bond donors (Lipinski definition) is 1. The van der Waals surface area contributed by atoms with Crippen LogP contribution in [0.2, 0.25) is 0 Å². The summed E-state index contributed by atoms with van der Waals surface area (Å²) in [5.74, 6) is 1.43. The molecule has 2 aliphatic carbocycles. The van der Waals surface area contributed by atoms with Crippen molar-refractivity contribution in [1.29, 1.82) is 0 Å².